The van der Waals surface area contributed by atoms with Gasteiger partial charge in [-0.3, -0.25) is 0 Å². The molecule has 1 aromatic rings. The van der Waals surface area contributed by atoms with Gasteiger partial charge in [0.25, 0.3) is 5.96 Å². The monoisotopic (exact) mass is 255 g/mol. The van der Waals surface area contributed by atoms with Crippen molar-refractivity contribution in [2.24, 2.45) is 4.99 Å². The van der Waals surface area contributed by atoms with E-state index >= 15 is 0 Å². The highest BCUT2D eigenvalue weighted by Crippen LogP contribution is 2.23. The number of halogens is 1. The van der Waals surface area contributed by atoms with Crippen LogP contribution >= 0.6 is 11.6 Å². The van der Waals surface area contributed by atoms with Crippen molar-refractivity contribution < 1.29 is 5.03 Å². The predicted molar refractivity (Wildman–Crippen MR) is 62.2 cm³/mol. The van der Waals surface area contributed by atoms with E-state index in [0.717, 1.165) is 5.56 Å². The number of aromatic nitrogens is 1. The largest absolute Gasteiger partial charge is 0.339 e. The Balaban J connectivity index is 2.16. The van der Waals surface area contributed by atoms with Gasteiger partial charge in [0.05, 0.1) is 6.04 Å². The first-order valence-corrected chi connectivity index (χ1v) is 5.25. The van der Waals surface area contributed by atoms with E-state index in [1.165, 1.54) is 0 Å². The predicted octanol–water partition coefficient (Wildman–Crippen LogP) is 0.859. The van der Waals surface area contributed by atoms with Gasteiger partial charge in [0, 0.05) is 19.8 Å². The number of likely N-dealkylation sites (N-methyl/N-ethyl adjacent to an activating group) is 1. The van der Waals surface area contributed by atoms with E-state index < -0.39 is 5.03 Å². The van der Waals surface area contributed by atoms with Crippen molar-refractivity contribution in [3.63, 3.8) is 0 Å². The summed E-state index contributed by atoms with van der Waals surface area (Å²) >= 11 is 5.69. The van der Waals surface area contributed by atoms with Crippen LogP contribution in [0.5, 0.6) is 0 Å². The van der Waals surface area contributed by atoms with Gasteiger partial charge < -0.3 is 4.90 Å². The molecule has 0 spiro atoms. The normalized spacial score (nSPS) is 19.1. The third kappa shape index (κ3) is 2.62. The van der Waals surface area contributed by atoms with Gasteiger partial charge in [0.2, 0.25) is 0 Å². The second-order valence-corrected chi connectivity index (χ2v) is 4.02. The summed E-state index contributed by atoms with van der Waals surface area (Å²) in [6, 6.07) is 3.32. The summed E-state index contributed by atoms with van der Waals surface area (Å²) in [6.07, 6.45) is 1.62. The molecule has 0 saturated heterocycles. The van der Waals surface area contributed by atoms with E-state index in [4.69, 9.17) is 11.6 Å². The number of hydrazine groups is 1. The fourth-order valence-corrected chi connectivity index (χ4v) is 1.70. The van der Waals surface area contributed by atoms with Crippen molar-refractivity contribution in [2.75, 3.05) is 13.6 Å². The molecule has 1 aliphatic rings. The lowest BCUT2D eigenvalue weighted by molar-refractivity contribution is -0.526. The van der Waals surface area contributed by atoms with Crippen LogP contribution in [0.4, 0.5) is 0 Å². The number of nitrogens with one attached hydrogen (secondary N) is 1. The lowest BCUT2D eigenvalue weighted by Gasteiger charge is -2.11. The number of nitro groups is 1. The highest BCUT2D eigenvalue weighted by molar-refractivity contribution is 6.29. The minimum absolute atomic E-state index is 0.160. The van der Waals surface area contributed by atoms with E-state index in [-0.39, 0.29) is 12.0 Å². The molecule has 0 radical (unpaired) electrons. The molecule has 0 saturated carbocycles. The first kappa shape index (κ1) is 11.6. The van der Waals surface area contributed by atoms with Crippen LogP contribution in [0.1, 0.15) is 11.6 Å². The summed E-state index contributed by atoms with van der Waals surface area (Å²) in [6.45, 7) is 0.569. The number of aliphatic imine (C=N–C) groups is 1. The number of rotatable bonds is 2. The molecular formula is C9H10ClN5O2. The summed E-state index contributed by atoms with van der Waals surface area (Å²) in [4.78, 5) is 20.2. The maximum absolute atomic E-state index is 10.3. The van der Waals surface area contributed by atoms with Gasteiger partial charge in [-0.1, -0.05) is 23.1 Å². The van der Waals surface area contributed by atoms with Crippen LogP contribution in [0.15, 0.2) is 23.3 Å². The molecule has 0 aromatic carbocycles. The molecular weight excluding hydrogens is 246 g/mol. The molecule has 1 N–H and O–H groups in total. The van der Waals surface area contributed by atoms with Gasteiger partial charge in [0.15, 0.2) is 5.03 Å². The van der Waals surface area contributed by atoms with E-state index in [0.29, 0.717) is 11.7 Å². The van der Waals surface area contributed by atoms with Gasteiger partial charge in [-0.2, -0.15) is 0 Å². The Morgan fingerprint density at radius 3 is 3.00 bits per heavy atom. The Hall–Kier alpha value is -1.89. The van der Waals surface area contributed by atoms with Crippen molar-refractivity contribution in [3.8, 4) is 0 Å². The third-order valence-corrected chi connectivity index (χ3v) is 2.64. The zero-order valence-corrected chi connectivity index (χ0v) is 9.76. The van der Waals surface area contributed by atoms with Crippen molar-refractivity contribution in [3.05, 3.63) is 39.2 Å². The molecule has 0 aliphatic carbocycles. The first-order chi connectivity index (χ1) is 8.06. The summed E-state index contributed by atoms with van der Waals surface area (Å²) in [7, 11) is 1.73. The fourth-order valence-electron chi connectivity index (χ4n) is 1.59. The molecule has 1 atom stereocenters. The highest BCUT2D eigenvalue weighted by atomic mass is 35.5. The van der Waals surface area contributed by atoms with Crippen LogP contribution in [-0.2, 0) is 0 Å². The Morgan fingerprint density at radius 1 is 1.65 bits per heavy atom. The van der Waals surface area contributed by atoms with E-state index in [2.05, 4.69) is 15.4 Å². The molecule has 1 aliphatic heterocycles. The van der Waals surface area contributed by atoms with Crippen LogP contribution in [0, 0.1) is 10.1 Å². The first-order valence-electron chi connectivity index (χ1n) is 4.87. The number of hydrogen-bond donors (Lipinski definition) is 1. The van der Waals surface area contributed by atoms with Gasteiger partial charge in [-0.15, -0.1) is 0 Å². The van der Waals surface area contributed by atoms with Crippen molar-refractivity contribution in [1.82, 2.24) is 15.3 Å². The lowest BCUT2D eigenvalue weighted by Crippen LogP contribution is -2.38. The van der Waals surface area contributed by atoms with Crippen LogP contribution in [0.2, 0.25) is 5.15 Å². The molecule has 0 bridgehead atoms. The molecule has 2 heterocycles. The summed E-state index contributed by atoms with van der Waals surface area (Å²) in [5.41, 5.74) is 2.93. The molecule has 1 aromatic heterocycles. The average Bonchev–Trinajstić information content (AvgIpc) is 2.60. The molecule has 0 fully saturated rings. The van der Waals surface area contributed by atoms with E-state index in [1.807, 2.05) is 6.07 Å². The molecule has 90 valence electrons. The molecule has 1 unspecified atom stereocenters. The minimum atomic E-state index is -0.627. The van der Waals surface area contributed by atoms with Crippen LogP contribution in [0.25, 0.3) is 0 Å². The summed E-state index contributed by atoms with van der Waals surface area (Å²) in [5.74, 6) is 0.245. The fraction of sp³-hybridized carbons (Fsp3) is 0.333. The molecule has 8 heteroatoms. The molecule has 17 heavy (non-hydrogen) atoms. The summed E-state index contributed by atoms with van der Waals surface area (Å²) in [5, 5.41) is 10.1. The minimum Gasteiger partial charge on any atom is -0.339 e. The number of pyridine rings is 1. The second kappa shape index (κ2) is 4.54. The maximum atomic E-state index is 10.3. The quantitative estimate of drug-likeness (QED) is 0.481. The zero-order valence-electron chi connectivity index (χ0n) is 9.00. The van der Waals surface area contributed by atoms with Gasteiger partial charge in [0.1, 0.15) is 5.15 Å². The van der Waals surface area contributed by atoms with Gasteiger partial charge >= 0.3 is 0 Å². The third-order valence-electron chi connectivity index (χ3n) is 2.41. The number of guanidine groups is 1. The number of nitrogens with zero attached hydrogens (tertiary/aromatic N) is 4. The van der Waals surface area contributed by atoms with E-state index in [1.54, 1.807) is 24.2 Å². The Morgan fingerprint density at radius 2 is 2.41 bits per heavy atom. The van der Waals surface area contributed by atoms with Crippen molar-refractivity contribution in [1.29, 1.82) is 0 Å². The molecule has 7 nitrogen and oxygen atoms in total. The Bertz CT molecular complexity index is 461. The molecule has 0 amide bonds. The average molecular weight is 256 g/mol. The van der Waals surface area contributed by atoms with Gasteiger partial charge in [-0.05, 0) is 11.6 Å². The SMILES string of the molecule is CN1CC(c2ccc(Cl)nc2)N=C1N[N+](=O)[O-]. The lowest BCUT2D eigenvalue weighted by atomic mass is 10.1. The zero-order chi connectivity index (χ0) is 12.4. The van der Waals surface area contributed by atoms with Gasteiger partial charge in [-0.25, -0.2) is 20.1 Å². The Labute approximate surface area is 102 Å². The van der Waals surface area contributed by atoms with Crippen molar-refractivity contribution in [2.45, 2.75) is 6.04 Å². The maximum Gasteiger partial charge on any atom is 0.257 e. The van der Waals surface area contributed by atoms with Crippen LogP contribution in [-0.4, -0.2) is 34.5 Å². The van der Waals surface area contributed by atoms with Crippen molar-refractivity contribution >= 4 is 17.6 Å². The summed E-state index contributed by atoms with van der Waals surface area (Å²) < 4.78 is 0. The Kier molecular flexibility index (Phi) is 3.10. The number of hydrogen-bond acceptors (Lipinski definition) is 5. The smallest absolute Gasteiger partial charge is 0.257 e. The van der Waals surface area contributed by atoms with E-state index in [9.17, 15) is 10.1 Å². The highest BCUT2D eigenvalue weighted by Gasteiger charge is 2.26. The molecule has 2 rings (SSSR count). The topological polar surface area (TPSA) is 83.7 Å². The standard InChI is InChI=1S/C9H10ClN5O2/c1-14-5-7(12-9(14)13-15(16)17)6-2-3-8(10)11-4-6/h2-4,7H,5H2,1H3,(H,12,13). The van der Waals surface area contributed by atoms with Crippen LogP contribution < -0.4 is 5.43 Å². The second-order valence-electron chi connectivity index (χ2n) is 3.63. The van der Waals surface area contributed by atoms with Crippen LogP contribution in [0.3, 0.4) is 0 Å².